The topological polar surface area (TPSA) is 48.2 Å². The van der Waals surface area contributed by atoms with E-state index in [4.69, 9.17) is 17.0 Å². The molecule has 0 saturated heterocycles. The third-order valence-corrected chi connectivity index (χ3v) is 4.76. The van der Waals surface area contributed by atoms with Crippen molar-refractivity contribution in [3.8, 4) is 5.75 Å². The zero-order valence-electron chi connectivity index (χ0n) is 16.6. The summed E-state index contributed by atoms with van der Waals surface area (Å²) in [6, 6.07) is 20.8. The highest BCUT2D eigenvalue weighted by atomic mass is 32.1. The van der Waals surface area contributed by atoms with Gasteiger partial charge in [-0.1, -0.05) is 61.6 Å². The molecule has 0 aliphatic carbocycles. The van der Waals surface area contributed by atoms with Gasteiger partial charge in [0.1, 0.15) is 5.75 Å². The second-order valence-corrected chi connectivity index (χ2v) is 6.80. The van der Waals surface area contributed by atoms with Crippen molar-refractivity contribution in [3.63, 3.8) is 0 Å². The van der Waals surface area contributed by atoms with E-state index in [0.29, 0.717) is 28.6 Å². The highest BCUT2D eigenvalue weighted by Crippen LogP contribution is 2.25. The minimum Gasteiger partial charge on any atom is -0.867 e. The number of nitrogens with zero attached hydrogens (tertiary/aromatic N) is 1. The van der Waals surface area contributed by atoms with Crippen LogP contribution in [0.15, 0.2) is 79.1 Å². The number of thiocarbonyl (C=S) groups is 1. The number of pyridine rings is 1. The summed E-state index contributed by atoms with van der Waals surface area (Å²) >= 11 is 5.66. The second kappa shape index (κ2) is 9.85. The van der Waals surface area contributed by atoms with Crippen LogP contribution in [0.1, 0.15) is 25.0 Å². The normalized spacial score (nSPS) is 11.5. The van der Waals surface area contributed by atoms with Crippen LogP contribution >= 0.6 is 12.2 Å². The van der Waals surface area contributed by atoms with Crippen LogP contribution in [0, 0.1) is 0 Å². The molecule has 1 N–H and O–H groups in total. The Morgan fingerprint density at radius 2 is 1.66 bits per heavy atom. The third-order valence-electron chi connectivity index (χ3n) is 4.46. The predicted octanol–water partition coefficient (Wildman–Crippen LogP) is 4.06. The summed E-state index contributed by atoms with van der Waals surface area (Å²) in [4.78, 5) is 0.331. The first-order valence-corrected chi connectivity index (χ1v) is 10.0. The molecular weight excluding hydrogens is 380 g/mol. The molecule has 5 heteroatoms. The van der Waals surface area contributed by atoms with E-state index in [1.165, 1.54) is 5.56 Å². The quantitative estimate of drug-likeness (QED) is 0.279. The molecule has 0 spiro atoms. The lowest BCUT2D eigenvalue weighted by Gasteiger charge is -2.18. The molecule has 4 nitrogen and oxygen atoms in total. The summed E-state index contributed by atoms with van der Waals surface area (Å²) < 4.78 is 7.42. The van der Waals surface area contributed by atoms with Crippen LogP contribution < -0.4 is 19.7 Å². The molecule has 0 aliphatic heterocycles. The van der Waals surface area contributed by atoms with Crippen LogP contribution in [0.25, 0.3) is 11.5 Å². The van der Waals surface area contributed by atoms with Crippen LogP contribution in [-0.2, 0) is 6.42 Å². The zero-order chi connectivity index (χ0) is 20.6. The van der Waals surface area contributed by atoms with E-state index < -0.39 is 0 Å². The van der Waals surface area contributed by atoms with Crippen molar-refractivity contribution < 1.29 is 14.4 Å². The molecule has 0 amide bonds. The van der Waals surface area contributed by atoms with Crippen LogP contribution in [0.2, 0.25) is 0 Å². The number of aromatic nitrogens is 1. The number of hydrogen-bond acceptors (Lipinski definition) is 3. The smallest absolute Gasteiger partial charge is 0.238 e. The van der Waals surface area contributed by atoms with E-state index in [1.54, 1.807) is 4.57 Å². The maximum absolute atomic E-state index is 13.4. The molecule has 0 fully saturated rings. The van der Waals surface area contributed by atoms with E-state index in [2.05, 4.69) is 12.2 Å². The van der Waals surface area contributed by atoms with Gasteiger partial charge in [0.05, 0.1) is 12.3 Å². The Morgan fingerprint density at radius 3 is 2.31 bits per heavy atom. The summed E-state index contributed by atoms with van der Waals surface area (Å²) in [5, 5.41) is 16.6. The molecule has 3 rings (SSSR count). The molecule has 0 atom stereocenters. The number of hydrogen-bond donors (Lipinski definition) is 1. The van der Waals surface area contributed by atoms with Gasteiger partial charge in [-0.05, 0) is 42.4 Å². The fraction of sp³-hybridized carbons (Fsp3) is 0.167. The Balaban J connectivity index is 2.03. The molecular formula is C24H24N2O2S. The number of aryl methyl sites for hydroxylation is 1. The summed E-state index contributed by atoms with van der Waals surface area (Å²) in [5.41, 5.74) is 2.89. The van der Waals surface area contributed by atoms with Crippen molar-refractivity contribution in [3.05, 3.63) is 90.3 Å². The van der Waals surface area contributed by atoms with Crippen molar-refractivity contribution in [1.82, 2.24) is 0 Å². The molecule has 0 aliphatic rings. The first-order chi connectivity index (χ1) is 14.1. The zero-order valence-corrected chi connectivity index (χ0v) is 17.4. The standard InChI is InChI=1S/C24H24N2O2S/c1-3-18-12-14-19(15-13-18)23(27)22(26-16-8-5-9-17-26)24(29)25-20-10-6-7-11-21(20)28-4-2/h5-17H,3-4H2,1-2H3,(H-,25,27,29). The van der Waals surface area contributed by atoms with Gasteiger partial charge in [-0.15, -0.1) is 0 Å². The number of anilines is 1. The fourth-order valence-corrected chi connectivity index (χ4v) is 3.25. The number of nitrogens with one attached hydrogen (secondary N) is 1. The van der Waals surface area contributed by atoms with Crippen molar-refractivity contribution in [2.24, 2.45) is 0 Å². The van der Waals surface area contributed by atoms with Gasteiger partial charge < -0.3 is 15.2 Å². The lowest BCUT2D eigenvalue weighted by Crippen LogP contribution is -2.39. The number of benzene rings is 2. The van der Waals surface area contributed by atoms with Gasteiger partial charge in [0.25, 0.3) is 0 Å². The van der Waals surface area contributed by atoms with E-state index in [-0.39, 0.29) is 5.76 Å². The van der Waals surface area contributed by atoms with Crippen molar-refractivity contribution in [2.45, 2.75) is 20.3 Å². The van der Waals surface area contributed by atoms with Crippen LogP contribution in [0.5, 0.6) is 5.75 Å². The largest absolute Gasteiger partial charge is 0.867 e. The maximum atomic E-state index is 13.4. The minimum atomic E-state index is -0.143. The van der Waals surface area contributed by atoms with Crippen LogP contribution in [-0.4, -0.2) is 11.6 Å². The van der Waals surface area contributed by atoms with Gasteiger partial charge in [0.2, 0.25) is 5.70 Å². The third kappa shape index (κ3) is 5.00. The molecule has 0 unspecified atom stereocenters. The van der Waals surface area contributed by atoms with Gasteiger partial charge in [0, 0.05) is 12.1 Å². The van der Waals surface area contributed by atoms with Crippen LogP contribution in [0.3, 0.4) is 0 Å². The SMILES string of the molecule is CCOc1ccccc1NC(=S)C(=C([O-])c1ccc(CC)cc1)[n+]1ccccc1. The summed E-state index contributed by atoms with van der Waals surface area (Å²) in [6.07, 6.45) is 4.55. The Morgan fingerprint density at radius 1 is 0.966 bits per heavy atom. The van der Waals surface area contributed by atoms with Gasteiger partial charge >= 0.3 is 0 Å². The van der Waals surface area contributed by atoms with E-state index in [1.807, 2.05) is 86.0 Å². The van der Waals surface area contributed by atoms with Gasteiger partial charge in [-0.25, -0.2) is 0 Å². The Kier molecular flexibility index (Phi) is 6.98. The summed E-state index contributed by atoms with van der Waals surface area (Å²) in [6.45, 7) is 4.55. The molecule has 0 radical (unpaired) electrons. The summed E-state index contributed by atoms with van der Waals surface area (Å²) in [5.74, 6) is 0.546. The van der Waals surface area contributed by atoms with E-state index in [9.17, 15) is 5.11 Å². The number of rotatable bonds is 7. The molecule has 0 bridgehead atoms. The highest BCUT2D eigenvalue weighted by molar-refractivity contribution is 7.81. The van der Waals surface area contributed by atoms with Gasteiger partial charge in [-0.3, -0.25) is 0 Å². The number of ether oxygens (including phenoxy) is 1. The molecule has 1 heterocycles. The number of para-hydroxylation sites is 2. The van der Waals surface area contributed by atoms with Crippen molar-refractivity contribution in [2.75, 3.05) is 11.9 Å². The molecule has 29 heavy (non-hydrogen) atoms. The van der Waals surface area contributed by atoms with E-state index in [0.717, 1.165) is 12.1 Å². The lowest BCUT2D eigenvalue weighted by atomic mass is 10.1. The van der Waals surface area contributed by atoms with Crippen LogP contribution in [0.4, 0.5) is 5.69 Å². The lowest BCUT2D eigenvalue weighted by molar-refractivity contribution is -0.577. The van der Waals surface area contributed by atoms with Crippen molar-refractivity contribution >= 4 is 34.3 Å². The average Bonchev–Trinajstić information content (AvgIpc) is 2.76. The average molecular weight is 405 g/mol. The first kappa shape index (κ1) is 20.6. The Bertz CT molecular complexity index is 999. The van der Waals surface area contributed by atoms with Gasteiger partial charge in [-0.2, -0.15) is 4.57 Å². The minimum absolute atomic E-state index is 0.143. The van der Waals surface area contributed by atoms with Gasteiger partial charge in [0.15, 0.2) is 17.4 Å². The van der Waals surface area contributed by atoms with Crippen molar-refractivity contribution in [1.29, 1.82) is 0 Å². The summed E-state index contributed by atoms with van der Waals surface area (Å²) in [7, 11) is 0. The Labute approximate surface area is 177 Å². The Hall–Kier alpha value is -3.18. The molecule has 148 valence electrons. The monoisotopic (exact) mass is 404 g/mol. The maximum Gasteiger partial charge on any atom is 0.238 e. The second-order valence-electron chi connectivity index (χ2n) is 6.39. The molecule has 0 saturated carbocycles. The highest BCUT2D eigenvalue weighted by Gasteiger charge is 2.19. The van der Waals surface area contributed by atoms with E-state index >= 15 is 0 Å². The molecule has 2 aromatic carbocycles. The molecule has 3 aromatic rings. The molecule has 1 aromatic heterocycles. The predicted molar refractivity (Wildman–Crippen MR) is 119 cm³/mol. The fourth-order valence-electron chi connectivity index (χ4n) is 2.95. The first-order valence-electron chi connectivity index (χ1n) is 9.64.